The zero-order valence-corrected chi connectivity index (χ0v) is 11.7. The second kappa shape index (κ2) is 6.26. The Labute approximate surface area is 120 Å². The van der Waals surface area contributed by atoms with Gasteiger partial charge in [0.05, 0.1) is 6.04 Å². The highest BCUT2D eigenvalue weighted by molar-refractivity contribution is 5.37. The van der Waals surface area contributed by atoms with Gasteiger partial charge in [-0.2, -0.15) is 0 Å². The van der Waals surface area contributed by atoms with Crippen LogP contribution in [0, 0.1) is 30.2 Å². The highest BCUT2D eigenvalue weighted by Crippen LogP contribution is 2.29. The Morgan fingerprint density at radius 2 is 1.62 bits per heavy atom. The molecule has 0 amide bonds. The second-order valence-corrected chi connectivity index (χ2v) is 4.79. The molecule has 0 saturated heterocycles. The van der Waals surface area contributed by atoms with E-state index in [1.165, 1.54) is 13.0 Å². The lowest BCUT2D eigenvalue weighted by molar-refractivity contribution is 0.501. The standard InChI is InChI=1S/C16H15F4N/c1-3-21-16(10-6-11(17)8-12(18)7-10)14-13(19)5-4-9(2)15(14)20/h4-8,16,21H,3H2,1-2H3. The minimum absolute atomic E-state index is 0.137. The van der Waals surface area contributed by atoms with Crippen LogP contribution in [0.4, 0.5) is 17.6 Å². The van der Waals surface area contributed by atoms with E-state index in [-0.39, 0.29) is 16.7 Å². The third-order valence-electron chi connectivity index (χ3n) is 3.23. The highest BCUT2D eigenvalue weighted by atomic mass is 19.1. The Balaban J connectivity index is 2.61. The van der Waals surface area contributed by atoms with Crippen LogP contribution >= 0.6 is 0 Å². The van der Waals surface area contributed by atoms with E-state index in [2.05, 4.69) is 5.32 Å². The average Bonchev–Trinajstić information content (AvgIpc) is 2.41. The van der Waals surface area contributed by atoms with Crippen molar-refractivity contribution in [2.75, 3.05) is 6.54 Å². The van der Waals surface area contributed by atoms with Gasteiger partial charge in [-0.3, -0.25) is 0 Å². The molecular weight excluding hydrogens is 282 g/mol. The van der Waals surface area contributed by atoms with Gasteiger partial charge in [0.2, 0.25) is 0 Å². The van der Waals surface area contributed by atoms with Crippen molar-refractivity contribution in [1.29, 1.82) is 0 Å². The summed E-state index contributed by atoms with van der Waals surface area (Å²) in [6.45, 7) is 3.64. The van der Waals surface area contributed by atoms with Gasteiger partial charge >= 0.3 is 0 Å². The summed E-state index contributed by atoms with van der Waals surface area (Å²) in [5, 5.41) is 2.87. The lowest BCUT2D eigenvalue weighted by Gasteiger charge is -2.21. The number of aryl methyl sites for hydroxylation is 1. The van der Waals surface area contributed by atoms with Crippen LogP contribution < -0.4 is 5.32 Å². The lowest BCUT2D eigenvalue weighted by Crippen LogP contribution is -2.24. The number of hydrogen-bond donors (Lipinski definition) is 1. The molecule has 0 aliphatic heterocycles. The summed E-state index contributed by atoms with van der Waals surface area (Å²) >= 11 is 0. The van der Waals surface area contributed by atoms with Crippen molar-refractivity contribution < 1.29 is 17.6 Å². The zero-order chi connectivity index (χ0) is 15.6. The van der Waals surface area contributed by atoms with Crippen LogP contribution in [0.15, 0.2) is 30.3 Å². The van der Waals surface area contributed by atoms with Crippen molar-refractivity contribution in [3.8, 4) is 0 Å². The maximum absolute atomic E-state index is 14.3. The van der Waals surface area contributed by atoms with E-state index in [9.17, 15) is 17.6 Å². The first-order valence-corrected chi connectivity index (χ1v) is 6.58. The predicted octanol–water partition coefficient (Wildman–Crippen LogP) is 4.25. The number of rotatable bonds is 4. The first-order valence-electron chi connectivity index (χ1n) is 6.58. The van der Waals surface area contributed by atoms with Crippen LogP contribution in [0.2, 0.25) is 0 Å². The van der Waals surface area contributed by atoms with E-state index in [0.717, 1.165) is 24.3 Å². The van der Waals surface area contributed by atoms with Crippen molar-refractivity contribution in [2.24, 2.45) is 0 Å². The minimum Gasteiger partial charge on any atom is -0.306 e. The van der Waals surface area contributed by atoms with E-state index in [0.29, 0.717) is 6.54 Å². The molecule has 2 aromatic rings. The molecule has 2 rings (SSSR count). The molecule has 0 aliphatic rings. The van der Waals surface area contributed by atoms with Gasteiger partial charge in [0.1, 0.15) is 23.3 Å². The van der Waals surface area contributed by atoms with E-state index in [1.807, 2.05) is 0 Å². The van der Waals surface area contributed by atoms with Gasteiger partial charge < -0.3 is 5.32 Å². The first kappa shape index (κ1) is 15.5. The highest BCUT2D eigenvalue weighted by Gasteiger charge is 2.23. The number of benzene rings is 2. The lowest BCUT2D eigenvalue weighted by atomic mass is 9.95. The number of hydrogen-bond acceptors (Lipinski definition) is 1. The van der Waals surface area contributed by atoms with Gasteiger partial charge in [-0.1, -0.05) is 13.0 Å². The predicted molar refractivity (Wildman–Crippen MR) is 73.0 cm³/mol. The summed E-state index contributed by atoms with van der Waals surface area (Å²) in [6.07, 6.45) is 0. The zero-order valence-electron chi connectivity index (χ0n) is 11.7. The molecular formula is C16H15F4N. The molecule has 21 heavy (non-hydrogen) atoms. The number of nitrogens with one attached hydrogen (secondary N) is 1. The van der Waals surface area contributed by atoms with Crippen molar-refractivity contribution in [3.63, 3.8) is 0 Å². The van der Waals surface area contributed by atoms with Crippen LogP contribution in [-0.2, 0) is 0 Å². The summed E-state index contributed by atoms with van der Waals surface area (Å²) in [6, 6.07) is 4.36. The van der Waals surface area contributed by atoms with Crippen LogP contribution in [-0.4, -0.2) is 6.54 Å². The summed E-state index contributed by atoms with van der Waals surface area (Å²) in [4.78, 5) is 0. The molecule has 0 heterocycles. The molecule has 5 heteroatoms. The maximum atomic E-state index is 14.3. The van der Waals surface area contributed by atoms with E-state index in [4.69, 9.17) is 0 Å². The molecule has 0 aliphatic carbocycles. The van der Waals surface area contributed by atoms with Gasteiger partial charge in [0.15, 0.2) is 0 Å². The van der Waals surface area contributed by atoms with Crippen LogP contribution in [0.5, 0.6) is 0 Å². The fourth-order valence-electron chi connectivity index (χ4n) is 2.28. The molecule has 112 valence electrons. The molecule has 0 fully saturated rings. The van der Waals surface area contributed by atoms with Gasteiger partial charge in [0.25, 0.3) is 0 Å². The molecule has 0 saturated carbocycles. The number of halogens is 4. The SMILES string of the molecule is CCNC(c1cc(F)cc(F)c1)c1c(F)ccc(C)c1F. The average molecular weight is 297 g/mol. The Hall–Kier alpha value is -1.88. The Morgan fingerprint density at radius 3 is 2.19 bits per heavy atom. The van der Waals surface area contributed by atoms with Crippen molar-refractivity contribution in [1.82, 2.24) is 5.32 Å². The second-order valence-electron chi connectivity index (χ2n) is 4.79. The molecule has 1 unspecified atom stereocenters. The van der Waals surface area contributed by atoms with Crippen LogP contribution in [0.3, 0.4) is 0 Å². The molecule has 0 radical (unpaired) electrons. The van der Waals surface area contributed by atoms with Crippen molar-refractivity contribution in [2.45, 2.75) is 19.9 Å². The molecule has 0 bridgehead atoms. The quantitative estimate of drug-likeness (QED) is 0.832. The Morgan fingerprint density at radius 1 is 1.00 bits per heavy atom. The third kappa shape index (κ3) is 3.24. The summed E-state index contributed by atoms with van der Waals surface area (Å²) in [5.41, 5.74) is 0.172. The molecule has 1 atom stereocenters. The van der Waals surface area contributed by atoms with Crippen molar-refractivity contribution in [3.05, 3.63) is 70.3 Å². The fraction of sp³-hybridized carbons (Fsp3) is 0.250. The summed E-state index contributed by atoms with van der Waals surface area (Å²) in [5.74, 6) is -3.05. The largest absolute Gasteiger partial charge is 0.306 e. The summed E-state index contributed by atoms with van der Waals surface area (Å²) in [7, 11) is 0. The van der Waals surface area contributed by atoms with Gasteiger partial charge in [-0.25, -0.2) is 17.6 Å². The first-order chi connectivity index (χ1) is 9.93. The topological polar surface area (TPSA) is 12.0 Å². The normalized spacial score (nSPS) is 12.5. The Kier molecular flexibility index (Phi) is 4.63. The van der Waals surface area contributed by atoms with Gasteiger partial charge in [-0.15, -0.1) is 0 Å². The van der Waals surface area contributed by atoms with E-state index in [1.54, 1.807) is 6.92 Å². The van der Waals surface area contributed by atoms with Crippen LogP contribution in [0.25, 0.3) is 0 Å². The van der Waals surface area contributed by atoms with Crippen molar-refractivity contribution >= 4 is 0 Å². The van der Waals surface area contributed by atoms with E-state index >= 15 is 0 Å². The molecule has 1 nitrogen and oxygen atoms in total. The molecule has 0 spiro atoms. The molecule has 2 aromatic carbocycles. The van der Waals surface area contributed by atoms with Crippen LogP contribution in [0.1, 0.15) is 29.7 Å². The molecule has 0 aromatic heterocycles. The Bertz CT molecular complexity index is 635. The fourth-order valence-corrected chi connectivity index (χ4v) is 2.28. The van der Waals surface area contributed by atoms with Gasteiger partial charge in [-0.05, 0) is 42.8 Å². The summed E-state index contributed by atoms with van der Waals surface area (Å²) < 4.78 is 55.0. The molecule has 1 N–H and O–H groups in total. The van der Waals surface area contributed by atoms with E-state index < -0.39 is 29.3 Å². The maximum Gasteiger partial charge on any atom is 0.134 e. The monoisotopic (exact) mass is 297 g/mol. The van der Waals surface area contributed by atoms with Gasteiger partial charge in [0, 0.05) is 11.6 Å². The minimum atomic E-state index is -0.958. The smallest absolute Gasteiger partial charge is 0.134 e. The third-order valence-corrected chi connectivity index (χ3v) is 3.23.